The summed E-state index contributed by atoms with van der Waals surface area (Å²) in [6.45, 7) is 4.33. The number of hydrogen-bond acceptors (Lipinski definition) is 5. The zero-order chi connectivity index (χ0) is 15.0. The van der Waals surface area contributed by atoms with Gasteiger partial charge in [-0.2, -0.15) is 0 Å². The van der Waals surface area contributed by atoms with E-state index in [4.69, 9.17) is 14.2 Å². The maximum absolute atomic E-state index is 9.80. The Labute approximate surface area is 120 Å². The molecule has 0 aliphatic carbocycles. The molecule has 0 saturated heterocycles. The quantitative estimate of drug-likeness (QED) is 0.720. The van der Waals surface area contributed by atoms with Crippen LogP contribution in [0.5, 0.6) is 5.75 Å². The molecule has 0 fully saturated rings. The summed E-state index contributed by atoms with van der Waals surface area (Å²) in [5.41, 5.74) is 0.702. The van der Waals surface area contributed by atoms with Crippen LogP contribution in [0, 0.1) is 0 Å². The van der Waals surface area contributed by atoms with Crippen LogP contribution in [0.1, 0.15) is 25.5 Å². The van der Waals surface area contributed by atoms with Gasteiger partial charge in [-0.25, -0.2) is 0 Å². The summed E-state index contributed by atoms with van der Waals surface area (Å²) in [6.07, 6.45) is -1.41. The molecule has 3 atom stereocenters. The molecule has 5 nitrogen and oxygen atoms in total. The fourth-order valence-electron chi connectivity index (χ4n) is 1.75. The minimum Gasteiger partial charge on any atom is -0.490 e. The van der Waals surface area contributed by atoms with Gasteiger partial charge < -0.3 is 24.4 Å². The molecular weight excluding hydrogens is 260 g/mol. The van der Waals surface area contributed by atoms with Crippen molar-refractivity contribution < 1.29 is 24.4 Å². The Balaban J connectivity index is 2.39. The summed E-state index contributed by atoms with van der Waals surface area (Å²) in [5.74, 6) is 0.575. The fraction of sp³-hybridized carbons (Fsp3) is 0.600. The first-order valence-corrected chi connectivity index (χ1v) is 6.73. The molecule has 0 aliphatic rings. The number of rotatable bonds is 9. The minimum atomic E-state index is -0.726. The van der Waals surface area contributed by atoms with Crippen LogP contribution < -0.4 is 4.74 Å². The Hall–Kier alpha value is -1.14. The Kier molecular flexibility index (Phi) is 7.54. The van der Waals surface area contributed by atoms with E-state index in [9.17, 15) is 10.2 Å². The molecule has 0 aliphatic heterocycles. The molecule has 0 heterocycles. The van der Waals surface area contributed by atoms with Crippen molar-refractivity contribution in [2.75, 3.05) is 26.9 Å². The average molecular weight is 284 g/mol. The highest BCUT2D eigenvalue weighted by Gasteiger charge is 2.12. The number of ether oxygens (including phenoxy) is 3. The van der Waals surface area contributed by atoms with Gasteiger partial charge in [0.05, 0.1) is 25.4 Å². The highest BCUT2D eigenvalue weighted by atomic mass is 16.5. The molecule has 0 bridgehead atoms. The molecule has 3 unspecified atom stereocenters. The van der Waals surface area contributed by atoms with Gasteiger partial charge in [-0.15, -0.1) is 0 Å². The van der Waals surface area contributed by atoms with Gasteiger partial charge in [-0.3, -0.25) is 0 Å². The molecule has 2 N–H and O–H groups in total. The number of aliphatic hydroxyl groups excluding tert-OH is 2. The topological polar surface area (TPSA) is 68.2 Å². The van der Waals surface area contributed by atoms with E-state index in [0.29, 0.717) is 17.9 Å². The maximum Gasteiger partial charge on any atom is 0.125 e. The zero-order valence-electron chi connectivity index (χ0n) is 12.3. The Morgan fingerprint density at radius 1 is 1.05 bits per heavy atom. The van der Waals surface area contributed by atoms with Crippen molar-refractivity contribution in [2.24, 2.45) is 0 Å². The second kappa shape index (κ2) is 8.92. The number of para-hydroxylation sites is 1. The second-order valence-corrected chi connectivity index (χ2v) is 4.78. The zero-order valence-corrected chi connectivity index (χ0v) is 12.3. The number of aliphatic hydroxyl groups is 2. The third-order valence-electron chi connectivity index (χ3n) is 2.77. The van der Waals surface area contributed by atoms with Gasteiger partial charge in [0, 0.05) is 12.7 Å². The predicted octanol–water partition coefficient (Wildman–Crippen LogP) is 1.53. The molecule has 0 radical (unpaired) electrons. The third-order valence-corrected chi connectivity index (χ3v) is 2.77. The van der Waals surface area contributed by atoms with E-state index < -0.39 is 12.2 Å². The highest BCUT2D eigenvalue weighted by molar-refractivity contribution is 5.34. The molecule has 5 heteroatoms. The number of hydrogen-bond donors (Lipinski definition) is 2. The normalized spacial score (nSPS) is 15.7. The van der Waals surface area contributed by atoms with Crippen LogP contribution in [-0.4, -0.2) is 49.4 Å². The van der Waals surface area contributed by atoms with Crippen molar-refractivity contribution in [1.29, 1.82) is 0 Å². The van der Waals surface area contributed by atoms with E-state index >= 15 is 0 Å². The Morgan fingerprint density at radius 3 is 2.40 bits per heavy atom. The smallest absolute Gasteiger partial charge is 0.125 e. The number of benzene rings is 1. The predicted molar refractivity (Wildman–Crippen MR) is 75.9 cm³/mol. The lowest BCUT2D eigenvalue weighted by Crippen LogP contribution is -2.27. The van der Waals surface area contributed by atoms with Crippen LogP contribution in [0.15, 0.2) is 24.3 Å². The largest absolute Gasteiger partial charge is 0.490 e. The summed E-state index contributed by atoms with van der Waals surface area (Å²) in [4.78, 5) is 0. The van der Waals surface area contributed by atoms with Crippen LogP contribution in [0.2, 0.25) is 0 Å². The molecule has 1 aromatic rings. The van der Waals surface area contributed by atoms with Crippen LogP contribution in [0.25, 0.3) is 0 Å². The molecule has 1 aromatic carbocycles. The standard InChI is InChI=1S/C15H24O5/c1-11(8-18-3)19-9-13(17)10-20-15-7-5-4-6-14(15)12(2)16/h4-7,11-13,16-17H,8-10H2,1-3H3. The minimum absolute atomic E-state index is 0.0700. The second-order valence-electron chi connectivity index (χ2n) is 4.78. The van der Waals surface area contributed by atoms with Gasteiger partial charge >= 0.3 is 0 Å². The lowest BCUT2D eigenvalue weighted by Gasteiger charge is -2.18. The van der Waals surface area contributed by atoms with Crippen LogP contribution >= 0.6 is 0 Å². The van der Waals surface area contributed by atoms with Crippen LogP contribution in [0.4, 0.5) is 0 Å². The summed E-state index contributed by atoms with van der Waals surface area (Å²) >= 11 is 0. The van der Waals surface area contributed by atoms with Crippen molar-refractivity contribution in [2.45, 2.75) is 32.2 Å². The molecule has 0 amide bonds. The van der Waals surface area contributed by atoms with E-state index in [1.54, 1.807) is 26.2 Å². The van der Waals surface area contributed by atoms with Crippen molar-refractivity contribution in [3.05, 3.63) is 29.8 Å². The van der Waals surface area contributed by atoms with Crippen LogP contribution in [0.3, 0.4) is 0 Å². The van der Waals surface area contributed by atoms with E-state index in [1.807, 2.05) is 19.1 Å². The van der Waals surface area contributed by atoms with Gasteiger partial charge in [0.2, 0.25) is 0 Å². The third kappa shape index (κ3) is 5.88. The van der Waals surface area contributed by atoms with Gasteiger partial charge in [-0.1, -0.05) is 18.2 Å². The summed E-state index contributed by atoms with van der Waals surface area (Å²) in [5, 5.41) is 19.4. The fourth-order valence-corrected chi connectivity index (χ4v) is 1.75. The Bertz CT molecular complexity index is 380. The lowest BCUT2D eigenvalue weighted by atomic mass is 10.1. The molecule has 0 aromatic heterocycles. The van der Waals surface area contributed by atoms with E-state index in [1.165, 1.54) is 0 Å². The Morgan fingerprint density at radius 2 is 1.75 bits per heavy atom. The number of methoxy groups -OCH3 is 1. The van der Waals surface area contributed by atoms with E-state index in [2.05, 4.69) is 0 Å². The van der Waals surface area contributed by atoms with E-state index in [0.717, 1.165) is 0 Å². The van der Waals surface area contributed by atoms with Crippen LogP contribution in [-0.2, 0) is 9.47 Å². The van der Waals surface area contributed by atoms with Gasteiger partial charge in [0.25, 0.3) is 0 Å². The van der Waals surface area contributed by atoms with Gasteiger partial charge in [0.15, 0.2) is 0 Å². The van der Waals surface area contributed by atoms with Crippen molar-refractivity contribution in [3.8, 4) is 5.75 Å². The highest BCUT2D eigenvalue weighted by Crippen LogP contribution is 2.24. The first kappa shape index (κ1) is 16.9. The monoisotopic (exact) mass is 284 g/mol. The van der Waals surface area contributed by atoms with Gasteiger partial charge in [0.1, 0.15) is 18.5 Å². The SMILES string of the molecule is COCC(C)OCC(O)COc1ccccc1C(C)O. The molecule has 0 saturated carbocycles. The van der Waals surface area contributed by atoms with E-state index in [-0.39, 0.29) is 19.3 Å². The average Bonchev–Trinajstić information content (AvgIpc) is 2.43. The first-order chi connectivity index (χ1) is 9.54. The molecule has 20 heavy (non-hydrogen) atoms. The van der Waals surface area contributed by atoms with Crippen molar-refractivity contribution >= 4 is 0 Å². The molecule has 0 spiro atoms. The summed E-state index contributed by atoms with van der Waals surface area (Å²) in [6, 6.07) is 7.22. The van der Waals surface area contributed by atoms with Crippen molar-refractivity contribution in [1.82, 2.24) is 0 Å². The summed E-state index contributed by atoms with van der Waals surface area (Å²) in [7, 11) is 1.60. The maximum atomic E-state index is 9.80. The van der Waals surface area contributed by atoms with Crippen molar-refractivity contribution in [3.63, 3.8) is 0 Å². The summed E-state index contributed by atoms with van der Waals surface area (Å²) < 4.78 is 15.9. The molecule has 114 valence electrons. The molecular formula is C15H24O5. The molecule has 1 rings (SSSR count). The lowest BCUT2D eigenvalue weighted by molar-refractivity contribution is -0.0424. The first-order valence-electron chi connectivity index (χ1n) is 6.73. The van der Waals surface area contributed by atoms with Gasteiger partial charge in [-0.05, 0) is 19.9 Å².